The number of hydrogen-bond donors (Lipinski definition) is 3. The number of phenolic OH excluding ortho intramolecular Hbond substituents is 1. The number of phenols is 1. The van der Waals surface area contributed by atoms with Gasteiger partial charge in [-0.05, 0) is 6.07 Å². The summed E-state index contributed by atoms with van der Waals surface area (Å²) >= 11 is 5.59. The Morgan fingerprint density at radius 1 is 1.40 bits per heavy atom. The normalized spacial score (nSPS) is 10.5. The lowest BCUT2D eigenvalue weighted by Crippen LogP contribution is -1.83. The van der Waals surface area contributed by atoms with Gasteiger partial charge in [-0.2, -0.15) is 5.10 Å². The van der Waals surface area contributed by atoms with Crippen molar-refractivity contribution in [3.05, 3.63) is 29.0 Å². The smallest absolute Gasteiger partial charge is 0.145 e. The van der Waals surface area contributed by atoms with Crippen molar-refractivity contribution in [3.8, 4) is 17.0 Å². The van der Waals surface area contributed by atoms with Gasteiger partial charge in [-0.15, -0.1) is 0 Å². The van der Waals surface area contributed by atoms with Gasteiger partial charge in [0.05, 0.1) is 10.7 Å². The van der Waals surface area contributed by atoms with E-state index in [4.69, 9.17) is 17.3 Å². The molecule has 2 aromatic rings. The van der Waals surface area contributed by atoms with Crippen molar-refractivity contribution in [1.29, 1.82) is 0 Å². The molecule has 0 radical (unpaired) electrons. The number of aromatic hydroxyl groups is 1. The first-order chi connectivity index (χ1) is 7.08. The highest BCUT2D eigenvalue weighted by Gasteiger charge is 2.11. The van der Waals surface area contributed by atoms with Crippen molar-refractivity contribution >= 4 is 17.4 Å². The molecule has 0 aliphatic heterocycles. The molecule has 0 spiro atoms. The average molecular weight is 228 g/mol. The fourth-order valence-corrected chi connectivity index (χ4v) is 1.39. The Bertz CT molecular complexity index is 512. The molecule has 2 rings (SSSR count). The Morgan fingerprint density at radius 3 is 2.73 bits per heavy atom. The van der Waals surface area contributed by atoms with Gasteiger partial charge in [0.2, 0.25) is 0 Å². The minimum atomic E-state index is -0.676. The molecule has 1 aromatic heterocycles. The number of nitrogens with two attached hydrogens (primary N) is 1. The molecule has 0 saturated carbocycles. The Kier molecular flexibility index (Phi) is 2.24. The molecule has 0 amide bonds. The van der Waals surface area contributed by atoms with E-state index < -0.39 is 5.82 Å². The molecule has 4 N–H and O–H groups in total. The largest absolute Gasteiger partial charge is 0.507 e. The first-order valence-corrected chi connectivity index (χ1v) is 4.45. The third-order valence-corrected chi connectivity index (χ3v) is 2.22. The minimum Gasteiger partial charge on any atom is -0.507 e. The molecule has 6 heteroatoms. The molecule has 78 valence electrons. The van der Waals surface area contributed by atoms with Crippen LogP contribution in [-0.4, -0.2) is 15.3 Å². The predicted molar refractivity (Wildman–Crippen MR) is 55.1 cm³/mol. The summed E-state index contributed by atoms with van der Waals surface area (Å²) in [6.07, 6.45) is 0. The van der Waals surface area contributed by atoms with Gasteiger partial charge in [0.25, 0.3) is 0 Å². The van der Waals surface area contributed by atoms with Crippen LogP contribution in [0.1, 0.15) is 0 Å². The number of nitrogen functional groups attached to an aromatic ring is 1. The number of rotatable bonds is 1. The summed E-state index contributed by atoms with van der Waals surface area (Å²) in [6, 6.07) is 3.76. The maximum Gasteiger partial charge on any atom is 0.145 e. The van der Waals surface area contributed by atoms with E-state index in [1.807, 2.05) is 0 Å². The van der Waals surface area contributed by atoms with Gasteiger partial charge >= 0.3 is 0 Å². The van der Waals surface area contributed by atoms with Crippen LogP contribution in [0.15, 0.2) is 18.2 Å². The van der Waals surface area contributed by atoms with Crippen LogP contribution in [0.2, 0.25) is 5.02 Å². The maximum absolute atomic E-state index is 12.9. The van der Waals surface area contributed by atoms with Crippen molar-refractivity contribution in [2.24, 2.45) is 0 Å². The summed E-state index contributed by atoms with van der Waals surface area (Å²) in [4.78, 5) is 0. The van der Waals surface area contributed by atoms with E-state index in [0.29, 0.717) is 11.3 Å². The number of aromatic amines is 1. The number of aromatic nitrogens is 2. The molecular formula is C9H7ClFN3O. The highest BCUT2D eigenvalue weighted by molar-refractivity contribution is 6.31. The summed E-state index contributed by atoms with van der Waals surface area (Å²) in [7, 11) is 0. The van der Waals surface area contributed by atoms with Gasteiger partial charge < -0.3 is 10.8 Å². The lowest BCUT2D eigenvalue weighted by Gasteiger charge is -2.03. The van der Waals surface area contributed by atoms with Gasteiger partial charge in [-0.3, -0.25) is 5.10 Å². The summed E-state index contributed by atoms with van der Waals surface area (Å²) in [5, 5.41) is 15.7. The standard InChI is InChI=1S/C9H7ClFN3O/c10-5-1-4(8(15)2-6(5)11)7-3-9(12)14-13-7/h1-3,15H,(H3,12,13,14). The Morgan fingerprint density at radius 2 is 2.13 bits per heavy atom. The van der Waals surface area contributed by atoms with Crippen molar-refractivity contribution in [2.45, 2.75) is 0 Å². The molecule has 0 bridgehead atoms. The van der Waals surface area contributed by atoms with E-state index in [9.17, 15) is 9.50 Å². The van der Waals surface area contributed by atoms with Crippen LogP contribution in [0.3, 0.4) is 0 Å². The van der Waals surface area contributed by atoms with Crippen molar-refractivity contribution < 1.29 is 9.50 Å². The molecule has 1 heterocycles. The first kappa shape index (κ1) is 9.79. The summed E-state index contributed by atoms with van der Waals surface area (Å²) in [5.74, 6) is -0.615. The fourth-order valence-electron chi connectivity index (χ4n) is 1.23. The summed E-state index contributed by atoms with van der Waals surface area (Å²) in [5.41, 5.74) is 6.23. The van der Waals surface area contributed by atoms with E-state index in [1.165, 1.54) is 12.1 Å². The SMILES string of the molecule is Nc1cc(-c2cc(Cl)c(F)cc2O)[nH]n1. The lowest BCUT2D eigenvalue weighted by atomic mass is 10.1. The molecule has 0 aliphatic rings. The fraction of sp³-hybridized carbons (Fsp3) is 0. The predicted octanol–water partition coefficient (Wildman–Crippen LogP) is 2.16. The average Bonchev–Trinajstić information content (AvgIpc) is 2.58. The highest BCUT2D eigenvalue weighted by Crippen LogP contribution is 2.32. The second-order valence-corrected chi connectivity index (χ2v) is 3.40. The van der Waals surface area contributed by atoms with Crippen molar-refractivity contribution in [1.82, 2.24) is 10.2 Å². The summed E-state index contributed by atoms with van der Waals surface area (Å²) < 4.78 is 12.9. The van der Waals surface area contributed by atoms with Crippen LogP contribution in [0.4, 0.5) is 10.2 Å². The van der Waals surface area contributed by atoms with Gasteiger partial charge in [0, 0.05) is 17.7 Å². The number of anilines is 1. The van der Waals surface area contributed by atoms with E-state index in [1.54, 1.807) is 0 Å². The Balaban J connectivity index is 2.58. The minimum absolute atomic E-state index is 0.0732. The third-order valence-electron chi connectivity index (χ3n) is 1.93. The molecule has 0 saturated heterocycles. The number of nitrogens with one attached hydrogen (secondary N) is 1. The zero-order valence-corrected chi connectivity index (χ0v) is 8.22. The Labute approximate surface area is 89.5 Å². The number of benzene rings is 1. The van der Waals surface area contributed by atoms with Gasteiger partial charge in [-0.25, -0.2) is 4.39 Å². The molecule has 0 fully saturated rings. The van der Waals surface area contributed by atoms with Crippen molar-refractivity contribution in [3.63, 3.8) is 0 Å². The van der Waals surface area contributed by atoms with Crippen LogP contribution in [0.5, 0.6) is 5.75 Å². The van der Waals surface area contributed by atoms with Gasteiger partial charge in [0.15, 0.2) is 0 Å². The molecule has 0 unspecified atom stereocenters. The molecule has 4 nitrogen and oxygen atoms in total. The maximum atomic E-state index is 12.9. The van der Waals surface area contributed by atoms with E-state index >= 15 is 0 Å². The van der Waals surface area contributed by atoms with Crippen LogP contribution >= 0.6 is 11.6 Å². The molecule has 0 aliphatic carbocycles. The van der Waals surface area contributed by atoms with Crippen LogP contribution in [0, 0.1) is 5.82 Å². The highest BCUT2D eigenvalue weighted by atomic mass is 35.5. The van der Waals surface area contributed by atoms with E-state index in [2.05, 4.69) is 10.2 Å². The third kappa shape index (κ3) is 1.73. The number of H-pyrrole nitrogens is 1. The second-order valence-electron chi connectivity index (χ2n) is 2.99. The summed E-state index contributed by atoms with van der Waals surface area (Å²) in [6.45, 7) is 0. The number of nitrogens with zero attached hydrogens (tertiary/aromatic N) is 1. The van der Waals surface area contributed by atoms with Crippen LogP contribution in [-0.2, 0) is 0 Å². The monoisotopic (exact) mass is 227 g/mol. The first-order valence-electron chi connectivity index (χ1n) is 4.07. The van der Waals surface area contributed by atoms with Gasteiger partial charge in [-0.1, -0.05) is 11.6 Å². The molecule has 1 aromatic carbocycles. The molecular weight excluding hydrogens is 221 g/mol. The van der Waals surface area contributed by atoms with Crippen LogP contribution < -0.4 is 5.73 Å². The number of halogens is 2. The molecule has 15 heavy (non-hydrogen) atoms. The topological polar surface area (TPSA) is 74.9 Å². The zero-order valence-electron chi connectivity index (χ0n) is 7.46. The van der Waals surface area contributed by atoms with Crippen molar-refractivity contribution in [2.75, 3.05) is 5.73 Å². The zero-order chi connectivity index (χ0) is 11.0. The quantitative estimate of drug-likeness (QED) is 0.699. The lowest BCUT2D eigenvalue weighted by molar-refractivity contribution is 0.471. The van der Waals surface area contributed by atoms with E-state index in [0.717, 1.165) is 6.07 Å². The second kappa shape index (κ2) is 3.43. The van der Waals surface area contributed by atoms with Crippen LogP contribution in [0.25, 0.3) is 11.3 Å². The molecule has 0 atom stereocenters. The Hall–Kier alpha value is -1.75. The van der Waals surface area contributed by atoms with E-state index in [-0.39, 0.29) is 16.6 Å². The van der Waals surface area contributed by atoms with Gasteiger partial charge in [0.1, 0.15) is 17.4 Å². The number of hydrogen-bond acceptors (Lipinski definition) is 3.